The molecule has 3 heterocycles. The predicted molar refractivity (Wildman–Crippen MR) is 182 cm³/mol. The Hall–Kier alpha value is -5.74. The molecule has 1 aliphatic heterocycles. The summed E-state index contributed by atoms with van der Waals surface area (Å²) in [5.74, 6) is 0.866. The normalized spacial score (nSPS) is 21.1. The van der Waals surface area contributed by atoms with Gasteiger partial charge in [-0.25, -0.2) is 4.99 Å². The van der Waals surface area contributed by atoms with Crippen molar-refractivity contribution < 1.29 is 4.42 Å². The summed E-state index contributed by atoms with van der Waals surface area (Å²) in [6.45, 7) is 0. The van der Waals surface area contributed by atoms with Crippen molar-refractivity contribution in [2.45, 2.75) is 6.04 Å². The molecule has 2 aromatic heterocycles. The number of nitrogens with zero attached hydrogens (tertiary/aromatic N) is 3. The van der Waals surface area contributed by atoms with Crippen LogP contribution in [0.25, 0.3) is 49.4 Å². The summed E-state index contributed by atoms with van der Waals surface area (Å²) in [6.07, 6.45) is 12.9. The summed E-state index contributed by atoms with van der Waals surface area (Å²) in [5, 5.41) is 4.51. The van der Waals surface area contributed by atoms with Gasteiger partial charge in [-0.15, -0.1) is 0 Å². The topological polar surface area (TPSA) is 42.8 Å². The summed E-state index contributed by atoms with van der Waals surface area (Å²) in [4.78, 5) is 10.5. The van der Waals surface area contributed by atoms with Crippen molar-refractivity contribution in [2.75, 3.05) is 0 Å². The molecule has 44 heavy (non-hydrogen) atoms. The SMILES string of the molecule is C1=CC2/C=C/C(c3ccccc3)=N\C(c3cccc4oc5c(-n6c7ccccc7c7ccccc76)cccc5c34)=N/C2C=C1. The Morgan fingerprint density at radius 3 is 2.14 bits per heavy atom. The first kappa shape index (κ1) is 24.8. The number of amidine groups is 1. The molecule has 0 radical (unpaired) electrons. The lowest BCUT2D eigenvalue weighted by Gasteiger charge is -2.21. The van der Waals surface area contributed by atoms with Crippen LogP contribution in [0.15, 0.2) is 166 Å². The van der Waals surface area contributed by atoms with Crippen LogP contribution < -0.4 is 0 Å². The Morgan fingerprint density at radius 1 is 0.614 bits per heavy atom. The largest absolute Gasteiger partial charge is 0.454 e. The quantitative estimate of drug-likeness (QED) is 0.210. The molecule has 0 bridgehead atoms. The van der Waals surface area contributed by atoms with Crippen molar-refractivity contribution in [1.29, 1.82) is 0 Å². The molecule has 208 valence electrons. The molecule has 0 N–H and O–H groups in total. The maximum absolute atomic E-state index is 6.75. The second-order valence-electron chi connectivity index (χ2n) is 11.3. The lowest BCUT2D eigenvalue weighted by molar-refractivity contribution is 0.666. The first-order valence-corrected chi connectivity index (χ1v) is 15.0. The minimum Gasteiger partial charge on any atom is -0.454 e. The molecule has 9 rings (SSSR count). The van der Waals surface area contributed by atoms with Crippen LogP contribution >= 0.6 is 0 Å². The molecule has 2 unspecified atom stereocenters. The third-order valence-electron chi connectivity index (χ3n) is 8.75. The van der Waals surface area contributed by atoms with E-state index in [4.69, 9.17) is 14.4 Å². The fourth-order valence-electron chi connectivity index (χ4n) is 6.72. The van der Waals surface area contributed by atoms with Crippen LogP contribution in [0.3, 0.4) is 0 Å². The van der Waals surface area contributed by atoms with E-state index in [-0.39, 0.29) is 12.0 Å². The average molecular weight is 566 g/mol. The second-order valence-corrected chi connectivity index (χ2v) is 11.3. The summed E-state index contributed by atoms with van der Waals surface area (Å²) in [7, 11) is 0. The van der Waals surface area contributed by atoms with E-state index in [0.29, 0.717) is 5.84 Å². The van der Waals surface area contributed by atoms with Crippen molar-refractivity contribution in [3.05, 3.63) is 163 Å². The van der Waals surface area contributed by atoms with E-state index in [9.17, 15) is 0 Å². The molecule has 0 saturated carbocycles. The predicted octanol–water partition coefficient (Wildman–Crippen LogP) is 9.60. The van der Waals surface area contributed by atoms with Crippen LogP contribution in [-0.2, 0) is 0 Å². The fourth-order valence-corrected chi connectivity index (χ4v) is 6.72. The minimum atomic E-state index is -0.0334. The number of hydrogen-bond donors (Lipinski definition) is 0. The minimum absolute atomic E-state index is 0.0334. The van der Waals surface area contributed by atoms with Gasteiger partial charge in [0.15, 0.2) is 11.4 Å². The van der Waals surface area contributed by atoms with Gasteiger partial charge < -0.3 is 8.98 Å². The number of aliphatic imine (C=N–C) groups is 2. The Kier molecular flexibility index (Phi) is 5.60. The van der Waals surface area contributed by atoms with E-state index in [2.05, 4.69) is 126 Å². The van der Waals surface area contributed by atoms with Crippen molar-refractivity contribution in [3.63, 3.8) is 0 Å². The highest BCUT2D eigenvalue weighted by Gasteiger charge is 2.23. The van der Waals surface area contributed by atoms with Gasteiger partial charge in [0.2, 0.25) is 0 Å². The number of furan rings is 1. The van der Waals surface area contributed by atoms with Crippen LogP contribution in [0.4, 0.5) is 0 Å². The molecule has 4 heteroatoms. The van der Waals surface area contributed by atoms with Crippen LogP contribution in [0, 0.1) is 5.92 Å². The van der Waals surface area contributed by atoms with Crippen molar-refractivity contribution >= 4 is 55.3 Å². The molecular weight excluding hydrogens is 538 g/mol. The third kappa shape index (κ3) is 3.85. The maximum atomic E-state index is 6.75. The Balaban J connectivity index is 1.31. The van der Waals surface area contributed by atoms with Crippen LogP contribution in [-0.4, -0.2) is 22.2 Å². The Labute approximate surface area is 254 Å². The van der Waals surface area contributed by atoms with E-state index >= 15 is 0 Å². The zero-order chi connectivity index (χ0) is 29.0. The highest BCUT2D eigenvalue weighted by Crippen LogP contribution is 2.39. The van der Waals surface area contributed by atoms with Gasteiger partial charge in [-0.1, -0.05) is 121 Å². The molecule has 2 atom stereocenters. The molecule has 0 amide bonds. The first-order chi connectivity index (χ1) is 21.8. The van der Waals surface area contributed by atoms with Crippen LogP contribution in [0.2, 0.25) is 0 Å². The molecule has 4 nitrogen and oxygen atoms in total. The molecule has 2 aliphatic rings. The maximum Gasteiger partial charge on any atom is 0.159 e. The van der Waals surface area contributed by atoms with E-state index in [1.807, 2.05) is 30.3 Å². The van der Waals surface area contributed by atoms with Gasteiger partial charge in [0.25, 0.3) is 0 Å². The van der Waals surface area contributed by atoms with Gasteiger partial charge in [-0.3, -0.25) is 4.99 Å². The fraction of sp³-hybridized carbons (Fsp3) is 0.0500. The van der Waals surface area contributed by atoms with Crippen molar-refractivity contribution in [3.8, 4) is 5.69 Å². The van der Waals surface area contributed by atoms with Gasteiger partial charge >= 0.3 is 0 Å². The van der Waals surface area contributed by atoms with Gasteiger partial charge in [-0.05, 0) is 30.3 Å². The monoisotopic (exact) mass is 565 g/mol. The third-order valence-corrected chi connectivity index (χ3v) is 8.75. The summed E-state index contributed by atoms with van der Waals surface area (Å²) in [6, 6.07) is 40.1. The van der Waals surface area contributed by atoms with E-state index < -0.39 is 0 Å². The highest BCUT2D eigenvalue weighted by atomic mass is 16.3. The zero-order valence-corrected chi connectivity index (χ0v) is 23.8. The first-order valence-electron chi connectivity index (χ1n) is 15.0. The average Bonchev–Trinajstić information content (AvgIpc) is 3.62. The molecule has 1 aliphatic carbocycles. The number of para-hydroxylation sites is 3. The summed E-state index contributed by atoms with van der Waals surface area (Å²) < 4.78 is 9.07. The van der Waals surface area contributed by atoms with E-state index in [1.54, 1.807) is 0 Å². The Bertz CT molecular complexity index is 2340. The Morgan fingerprint density at radius 2 is 1.32 bits per heavy atom. The molecule has 5 aromatic carbocycles. The lowest BCUT2D eigenvalue weighted by Crippen LogP contribution is -2.20. The summed E-state index contributed by atoms with van der Waals surface area (Å²) in [5.41, 5.74) is 7.89. The molecule has 0 fully saturated rings. The second kappa shape index (κ2) is 9.92. The van der Waals surface area contributed by atoms with Gasteiger partial charge in [0.05, 0.1) is 28.5 Å². The zero-order valence-electron chi connectivity index (χ0n) is 23.8. The van der Waals surface area contributed by atoms with Crippen LogP contribution in [0.1, 0.15) is 11.1 Å². The molecule has 0 spiro atoms. The van der Waals surface area contributed by atoms with Gasteiger partial charge in [0.1, 0.15) is 5.58 Å². The van der Waals surface area contributed by atoms with Crippen LogP contribution in [0.5, 0.6) is 0 Å². The molecular formula is C40H27N3O. The van der Waals surface area contributed by atoms with Crippen molar-refractivity contribution in [2.24, 2.45) is 15.9 Å². The number of hydrogen-bond acceptors (Lipinski definition) is 3. The number of rotatable bonds is 3. The van der Waals surface area contributed by atoms with Crippen molar-refractivity contribution in [1.82, 2.24) is 4.57 Å². The van der Waals surface area contributed by atoms with Gasteiger partial charge in [0, 0.05) is 38.6 Å². The molecule has 7 aromatic rings. The number of fused-ring (bicyclic) bond motifs is 7. The van der Waals surface area contributed by atoms with E-state index in [1.165, 1.54) is 10.8 Å². The molecule has 0 saturated heterocycles. The number of aromatic nitrogens is 1. The van der Waals surface area contributed by atoms with E-state index in [0.717, 1.165) is 55.5 Å². The smallest absolute Gasteiger partial charge is 0.159 e. The highest BCUT2D eigenvalue weighted by molar-refractivity contribution is 6.24. The standard InChI is InChI=1S/C40H27N3O/c1-2-12-26(13-3-1)33-25-24-27-14-4-7-19-32(27)41-40(42-33)31-18-11-23-37-38(31)30-17-10-22-36(39(30)44-37)43-34-20-8-5-15-28(34)29-16-6-9-21-35(29)43/h1-25,27,32H/b25-24+,41-40-,42-33+. The summed E-state index contributed by atoms with van der Waals surface area (Å²) >= 11 is 0. The van der Waals surface area contributed by atoms with Gasteiger partial charge in [-0.2, -0.15) is 0 Å². The number of benzene rings is 5. The number of allylic oxidation sites excluding steroid dienone is 3. The lowest BCUT2D eigenvalue weighted by atomic mass is 9.93.